The molecule has 0 radical (unpaired) electrons. The molecule has 0 aromatic rings. The molecule has 2 rings (SSSR count). The monoisotopic (exact) mass is 219 g/mol. The minimum atomic E-state index is -0.628. The van der Waals surface area contributed by atoms with Crippen molar-refractivity contribution in [3.63, 3.8) is 0 Å². The second-order valence-corrected chi connectivity index (χ2v) is 4.33. The highest BCUT2D eigenvalue weighted by atomic mass is 35.5. The lowest BCUT2D eigenvalue weighted by Gasteiger charge is -2.38. The SMILES string of the molecule is Cl.O=C(O)[C@@H]1CN[C@H]2CCCC[C@@H]2C1. The summed E-state index contributed by atoms with van der Waals surface area (Å²) in [4.78, 5) is 10.8. The molecule has 0 spiro atoms. The third-order valence-corrected chi connectivity index (χ3v) is 3.47. The van der Waals surface area contributed by atoms with Crippen LogP contribution in [0.4, 0.5) is 0 Å². The zero-order valence-corrected chi connectivity index (χ0v) is 9.05. The van der Waals surface area contributed by atoms with Crippen molar-refractivity contribution < 1.29 is 9.90 Å². The van der Waals surface area contributed by atoms with Gasteiger partial charge in [0.05, 0.1) is 5.92 Å². The molecule has 0 unspecified atom stereocenters. The summed E-state index contributed by atoms with van der Waals surface area (Å²) in [7, 11) is 0. The van der Waals surface area contributed by atoms with E-state index in [1.807, 2.05) is 0 Å². The summed E-state index contributed by atoms with van der Waals surface area (Å²) < 4.78 is 0. The van der Waals surface area contributed by atoms with Gasteiger partial charge in [0.15, 0.2) is 0 Å². The topological polar surface area (TPSA) is 49.3 Å². The van der Waals surface area contributed by atoms with Crippen LogP contribution in [-0.4, -0.2) is 23.7 Å². The quantitative estimate of drug-likeness (QED) is 0.705. The van der Waals surface area contributed by atoms with Crippen molar-refractivity contribution in [1.82, 2.24) is 5.32 Å². The van der Waals surface area contributed by atoms with E-state index in [-0.39, 0.29) is 18.3 Å². The van der Waals surface area contributed by atoms with E-state index in [0.717, 1.165) is 6.42 Å². The van der Waals surface area contributed by atoms with Crippen molar-refractivity contribution in [2.24, 2.45) is 11.8 Å². The van der Waals surface area contributed by atoms with Gasteiger partial charge in [-0.2, -0.15) is 0 Å². The van der Waals surface area contributed by atoms with Gasteiger partial charge in [-0.15, -0.1) is 12.4 Å². The first kappa shape index (κ1) is 11.8. The molecule has 2 N–H and O–H groups in total. The second kappa shape index (κ2) is 4.99. The van der Waals surface area contributed by atoms with Crippen molar-refractivity contribution in [1.29, 1.82) is 0 Å². The van der Waals surface area contributed by atoms with E-state index < -0.39 is 5.97 Å². The summed E-state index contributed by atoms with van der Waals surface area (Å²) in [6.07, 6.45) is 5.96. The Kier molecular flexibility index (Phi) is 4.20. The van der Waals surface area contributed by atoms with Gasteiger partial charge in [-0.1, -0.05) is 12.8 Å². The Morgan fingerprint density at radius 1 is 1.29 bits per heavy atom. The normalized spacial score (nSPS) is 36.7. The molecule has 1 heterocycles. The Morgan fingerprint density at radius 2 is 2.00 bits per heavy atom. The standard InChI is InChI=1S/C10H17NO2.ClH/c12-10(13)8-5-7-3-1-2-4-9(7)11-6-8;/h7-9,11H,1-6H2,(H,12,13);1H/t7-,8+,9+;/m1./s1. The van der Waals surface area contributed by atoms with Gasteiger partial charge in [0, 0.05) is 12.6 Å². The third kappa shape index (κ3) is 2.39. The Morgan fingerprint density at radius 3 is 2.71 bits per heavy atom. The van der Waals surface area contributed by atoms with Crippen LogP contribution in [0.2, 0.25) is 0 Å². The zero-order chi connectivity index (χ0) is 9.26. The average Bonchev–Trinajstić information content (AvgIpc) is 2.17. The van der Waals surface area contributed by atoms with Crippen molar-refractivity contribution in [3.8, 4) is 0 Å². The maximum Gasteiger partial charge on any atom is 0.307 e. The number of carbonyl (C=O) groups is 1. The fourth-order valence-electron chi connectivity index (χ4n) is 2.69. The van der Waals surface area contributed by atoms with E-state index in [0.29, 0.717) is 18.5 Å². The fourth-order valence-corrected chi connectivity index (χ4v) is 2.69. The molecule has 1 aliphatic heterocycles. The molecule has 2 aliphatic rings. The molecular weight excluding hydrogens is 202 g/mol. The highest BCUT2D eigenvalue weighted by Gasteiger charge is 2.34. The van der Waals surface area contributed by atoms with Gasteiger partial charge < -0.3 is 10.4 Å². The average molecular weight is 220 g/mol. The number of aliphatic carboxylic acids is 1. The fraction of sp³-hybridized carbons (Fsp3) is 0.900. The first-order chi connectivity index (χ1) is 6.27. The van der Waals surface area contributed by atoms with Crippen LogP contribution in [0, 0.1) is 11.8 Å². The summed E-state index contributed by atoms with van der Waals surface area (Å²) in [5.41, 5.74) is 0. The van der Waals surface area contributed by atoms with Gasteiger partial charge in [-0.25, -0.2) is 0 Å². The summed E-state index contributed by atoms with van der Waals surface area (Å²) >= 11 is 0. The highest BCUT2D eigenvalue weighted by Crippen LogP contribution is 2.32. The molecule has 82 valence electrons. The molecule has 14 heavy (non-hydrogen) atoms. The Balaban J connectivity index is 0.000000980. The van der Waals surface area contributed by atoms with Crippen molar-refractivity contribution in [3.05, 3.63) is 0 Å². The van der Waals surface area contributed by atoms with Crippen LogP contribution in [0.15, 0.2) is 0 Å². The van der Waals surface area contributed by atoms with Gasteiger partial charge in [0.2, 0.25) is 0 Å². The largest absolute Gasteiger partial charge is 0.481 e. The first-order valence-corrected chi connectivity index (χ1v) is 5.23. The first-order valence-electron chi connectivity index (χ1n) is 5.23. The number of piperidine rings is 1. The molecule has 1 saturated heterocycles. The molecule has 2 fully saturated rings. The minimum Gasteiger partial charge on any atom is -0.481 e. The predicted octanol–water partition coefficient (Wildman–Crippen LogP) is 1.66. The van der Waals surface area contributed by atoms with E-state index in [4.69, 9.17) is 5.11 Å². The van der Waals surface area contributed by atoms with Gasteiger partial charge in [-0.3, -0.25) is 4.79 Å². The minimum absolute atomic E-state index is 0. The zero-order valence-electron chi connectivity index (χ0n) is 8.24. The molecular formula is C10H18ClNO2. The van der Waals surface area contributed by atoms with Crippen LogP contribution in [0.5, 0.6) is 0 Å². The molecule has 1 saturated carbocycles. The summed E-state index contributed by atoms with van der Waals surface area (Å²) in [6.45, 7) is 0.677. The maximum atomic E-state index is 10.8. The molecule has 0 bridgehead atoms. The van der Waals surface area contributed by atoms with Gasteiger partial charge in [0.1, 0.15) is 0 Å². The van der Waals surface area contributed by atoms with Crippen molar-refractivity contribution in [2.75, 3.05) is 6.54 Å². The van der Waals surface area contributed by atoms with E-state index in [1.54, 1.807) is 0 Å². The third-order valence-electron chi connectivity index (χ3n) is 3.47. The lowest BCUT2D eigenvalue weighted by atomic mass is 9.76. The van der Waals surface area contributed by atoms with Crippen LogP contribution < -0.4 is 5.32 Å². The number of rotatable bonds is 1. The molecule has 4 heteroatoms. The lowest BCUT2D eigenvalue weighted by molar-refractivity contribution is -0.143. The van der Waals surface area contributed by atoms with Crippen LogP contribution in [0.1, 0.15) is 32.1 Å². The number of halogens is 1. The van der Waals surface area contributed by atoms with Crippen molar-refractivity contribution >= 4 is 18.4 Å². The summed E-state index contributed by atoms with van der Waals surface area (Å²) in [5, 5.41) is 12.3. The number of fused-ring (bicyclic) bond motifs is 1. The van der Waals surface area contributed by atoms with Crippen LogP contribution in [0.25, 0.3) is 0 Å². The number of carboxylic acid groups (broad SMARTS) is 1. The maximum absolute atomic E-state index is 10.8. The molecule has 3 nitrogen and oxygen atoms in total. The number of hydrogen-bond donors (Lipinski definition) is 2. The molecule has 0 aromatic carbocycles. The smallest absolute Gasteiger partial charge is 0.307 e. The Bertz CT molecular complexity index is 210. The van der Waals surface area contributed by atoms with Gasteiger partial charge in [0.25, 0.3) is 0 Å². The molecule has 3 atom stereocenters. The molecule has 1 aliphatic carbocycles. The van der Waals surface area contributed by atoms with E-state index in [9.17, 15) is 4.79 Å². The van der Waals surface area contributed by atoms with Crippen LogP contribution >= 0.6 is 12.4 Å². The lowest BCUT2D eigenvalue weighted by Crippen LogP contribution is -2.48. The summed E-state index contributed by atoms with van der Waals surface area (Å²) in [6, 6.07) is 0.615. The van der Waals surface area contributed by atoms with Crippen LogP contribution in [0.3, 0.4) is 0 Å². The van der Waals surface area contributed by atoms with Gasteiger partial charge in [-0.05, 0) is 25.2 Å². The number of carboxylic acids is 1. The number of hydrogen-bond acceptors (Lipinski definition) is 2. The van der Waals surface area contributed by atoms with Gasteiger partial charge >= 0.3 is 5.97 Å². The van der Waals surface area contributed by atoms with Crippen molar-refractivity contribution in [2.45, 2.75) is 38.1 Å². The molecule has 0 amide bonds. The highest BCUT2D eigenvalue weighted by molar-refractivity contribution is 5.85. The van der Waals surface area contributed by atoms with E-state index in [2.05, 4.69) is 5.32 Å². The van der Waals surface area contributed by atoms with E-state index in [1.165, 1.54) is 25.7 Å². The predicted molar refractivity (Wildman–Crippen MR) is 56.7 cm³/mol. The van der Waals surface area contributed by atoms with E-state index >= 15 is 0 Å². The summed E-state index contributed by atoms with van der Waals surface area (Å²) in [5.74, 6) is -0.139. The number of nitrogens with one attached hydrogen (secondary N) is 1. The van der Waals surface area contributed by atoms with Crippen LogP contribution in [-0.2, 0) is 4.79 Å². The molecule has 0 aromatic heterocycles. The Hall–Kier alpha value is -0.280. The Labute approximate surface area is 90.7 Å². The second-order valence-electron chi connectivity index (χ2n) is 4.33.